The number of fused-ring (bicyclic) bond motifs is 10. The summed E-state index contributed by atoms with van der Waals surface area (Å²) in [6, 6.07) is -38.6. The van der Waals surface area contributed by atoms with E-state index in [0.29, 0.717) is 13.7 Å². The van der Waals surface area contributed by atoms with Crippen LogP contribution in [0, 0.1) is 0 Å². The lowest BCUT2D eigenvalue weighted by Crippen LogP contribution is -2.07. The van der Waals surface area contributed by atoms with Gasteiger partial charge in [0.2, 0.25) is 5.95 Å². The fourth-order valence-electron chi connectivity index (χ4n) is 7.56. The van der Waals surface area contributed by atoms with E-state index in [4.69, 9.17) is 28.8 Å². The number of aromatic nitrogens is 6. The summed E-state index contributed by atoms with van der Waals surface area (Å²) in [6.07, 6.45) is 0. The van der Waals surface area contributed by atoms with Crippen molar-refractivity contribution in [3.8, 4) is 51.2 Å². The molecule has 6 heteroatoms. The summed E-state index contributed by atoms with van der Waals surface area (Å²) in [6.45, 7) is 0. The van der Waals surface area contributed by atoms with Crippen molar-refractivity contribution in [2.24, 2.45) is 0 Å². The number of rotatable bonds is 6. The molecule has 63 heavy (non-hydrogen) atoms. The lowest BCUT2D eigenvalue weighted by Gasteiger charge is -2.17. The monoisotopic (exact) mass is 841 g/mol. The molecule has 0 radical (unpaired) electrons. The molecule has 0 N–H and O–H groups in total. The van der Waals surface area contributed by atoms with Gasteiger partial charge in [-0.3, -0.25) is 4.57 Å². The molecule has 0 aliphatic rings. The summed E-state index contributed by atoms with van der Waals surface area (Å²) in [7, 11) is 0. The summed E-state index contributed by atoms with van der Waals surface area (Å²) in [5, 5.41) is -4.83. The molecule has 0 bridgehead atoms. The molecule has 0 amide bonds. The van der Waals surface area contributed by atoms with Gasteiger partial charge in [-0.25, -0.2) is 4.98 Å². The predicted molar refractivity (Wildman–Crippen MR) is 259 cm³/mol. The molecule has 4 aromatic heterocycles. The standard InChI is InChI=1S/C57H36N6/c1-5-19-37(20-6-1)40-35-47-44-29-15-16-30-48(44)61(41-25-11-4-12-26-41)52(47)51(36-40)62-49-31-17-13-27-42(49)45-33-34-46-43-28-14-18-32-50(43)63(54(46)53(45)62)57-59-55(38-21-7-2-8-22-38)58-56(60-57)39-23-9-3-10-24-39/h1-36H/i1D,2D,3D,4D,5D,6D,7D,8D,9D,10D,11D,12D,13D,14D,15D,16D,17D,18D,19D,20D,21D,22D,23D,24D,25D,26D,27D,28D,29D,30D,31D,32D,33D,34D,35D,36D. The van der Waals surface area contributed by atoms with Crippen molar-refractivity contribution in [2.75, 3.05) is 0 Å². The van der Waals surface area contributed by atoms with Gasteiger partial charge in [0.15, 0.2) is 11.6 Å². The molecule has 6 nitrogen and oxygen atoms in total. The Morgan fingerprint density at radius 1 is 0.302 bits per heavy atom. The van der Waals surface area contributed by atoms with E-state index in [9.17, 15) is 20.6 Å². The van der Waals surface area contributed by atoms with Crippen LogP contribution < -0.4 is 0 Å². The molecule has 13 rings (SSSR count). The first kappa shape index (κ1) is 14.8. The number of hydrogen-bond donors (Lipinski definition) is 0. The van der Waals surface area contributed by atoms with Crippen molar-refractivity contribution in [3.05, 3.63) is 218 Å². The van der Waals surface area contributed by atoms with Crippen LogP contribution in [0.5, 0.6) is 0 Å². The summed E-state index contributed by atoms with van der Waals surface area (Å²) >= 11 is 0. The highest BCUT2D eigenvalue weighted by Gasteiger charge is 2.26. The van der Waals surface area contributed by atoms with E-state index in [1.54, 1.807) is 0 Å². The van der Waals surface area contributed by atoms with E-state index in [2.05, 4.69) is 15.0 Å². The first-order valence-corrected chi connectivity index (χ1v) is 18.4. The maximum atomic E-state index is 10.7. The highest BCUT2D eigenvalue weighted by Crippen LogP contribution is 2.45. The van der Waals surface area contributed by atoms with Crippen LogP contribution in [0.25, 0.3) is 117 Å². The maximum absolute atomic E-state index is 10.7. The minimum absolute atomic E-state index is 0.615. The predicted octanol–water partition coefficient (Wildman–Crippen LogP) is 14.2. The van der Waals surface area contributed by atoms with Gasteiger partial charge in [-0.05, 0) is 53.4 Å². The van der Waals surface area contributed by atoms with Crippen LogP contribution in [0.2, 0.25) is 0 Å². The lowest BCUT2D eigenvalue weighted by atomic mass is 10.0. The third-order valence-corrected chi connectivity index (χ3v) is 10.0. The Morgan fingerprint density at radius 2 is 0.730 bits per heavy atom. The number of hydrogen-bond acceptors (Lipinski definition) is 3. The molecule has 0 spiro atoms. The quantitative estimate of drug-likeness (QED) is 0.168. The van der Waals surface area contributed by atoms with Gasteiger partial charge in [-0.2, -0.15) is 9.97 Å². The SMILES string of the molecule is [2H]c1c([2H])c([2H])c(-c2nc(-c3c([2H])c([2H])c([2H])c([2H])c3[2H])nc(-n3c4c([2H])c([2H])c([2H])c([2H])c4c4c([2H])c([2H])c5c6c([2H])c([2H])c([2H])c([2H])c6n(-c6c([2H])c(-c7c([2H])c([2H])c([2H])c([2H])c7[2H])c([2H])c7c8c([2H])c([2H])c([2H])c([2H])c8n(-c8c([2H])c([2H])c([2H])c([2H])c8[2H])c67)c5c43)n2)c([2H])c1[2H]. The van der Waals surface area contributed by atoms with Crippen molar-refractivity contribution >= 4 is 65.4 Å². The van der Waals surface area contributed by atoms with E-state index in [1.807, 2.05) is 0 Å². The molecule has 0 saturated heterocycles. The van der Waals surface area contributed by atoms with Crippen molar-refractivity contribution in [3.63, 3.8) is 0 Å². The van der Waals surface area contributed by atoms with Crippen LogP contribution in [-0.4, -0.2) is 28.7 Å². The summed E-state index contributed by atoms with van der Waals surface area (Å²) in [5.41, 5.74) is -11.2. The average molecular weight is 841 g/mol. The van der Waals surface area contributed by atoms with Gasteiger partial charge in [0.05, 0.1) is 88.1 Å². The number of nitrogens with zero attached hydrogens (tertiary/aromatic N) is 6. The van der Waals surface area contributed by atoms with Crippen molar-refractivity contribution in [1.29, 1.82) is 0 Å². The zero-order valence-electron chi connectivity index (χ0n) is 67.2. The van der Waals surface area contributed by atoms with Gasteiger partial charge in [-0.1, -0.05) is 175 Å². The minimum atomic E-state index is -1.29. The van der Waals surface area contributed by atoms with E-state index < -0.39 is 334 Å². The Kier molecular flexibility index (Phi) is 3.28. The molecule has 0 unspecified atom stereocenters. The van der Waals surface area contributed by atoms with Crippen molar-refractivity contribution in [2.45, 2.75) is 0 Å². The summed E-state index contributed by atoms with van der Waals surface area (Å²) in [5.74, 6) is -3.09. The summed E-state index contributed by atoms with van der Waals surface area (Å²) < 4.78 is 334. The molecule has 9 aromatic carbocycles. The fraction of sp³-hybridized carbons (Fsp3) is 0. The Balaban J connectivity index is 1.45. The molecule has 0 fully saturated rings. The first-order valence-electron chi connectivity index (χ1n) is 36.4. The number of benzene rings is 9. The van der Waals surface area contributed by atoms with Gasteiger partial charge >= 0.3 is 0 Å². The Labute approximate surface area is 412 Å². The smallest absolute Gasteiger partial charge is 0.238 e. The molecule has 294 valence electrons. The minimum Gasteiger partial charge on any atom is -0.307 e. The van der Waals surface area contributed by atoms with Crippen LogP contribution in [0.1, 0.15) is 49.3 Å². The summed E-state index contributed by atoms with van der Waals surface area (Å²) in [4.78, 5) is 13.4. The van der Waals surface area contributed by atoms with Crippen LogP contribution in [0.15, 0.2) is 218 Å². The van der Waals surface area contributed by atoms with E-state index >= 15 is 0 Å². The van der Waals surface area contributed by atoms with Crippen LogP contribution >= 0.6 is 0 Å². The molecule has 13 aromatic rings. The molecule has 4 heterocycles. The topological polar surface area (TPSA) is 53.5 Å². The van der Waals surface area contributed by atoms with Gasteiger partial charge in [0, 0.05) is 49.1 Å². The van der Waals surface area contributed by atoms with Gasteiger partial charge in [0.1, 0.15) is 0 Å². The third-order valence-electron chi connectivity index (χ3n) is 10.0. The molecule has 0 aliphatic heterocycles. The molecular formula is C57H36N6. The normalized spacial score (nSPS) is 19.8. The average Bonchev–Trinajstić information content (AvgIpc) is 1.51. The Morgan fingerprint density at radius 3 is 1.29 bits per heavy atom. The molecule has 0 saturated carbocycles. The van der Waals surface area contributed by atoms with E-state index in [0.717, 1.165) is 0 Å². The second-order valence-electron chi connectivity index (χ2n) is 13.3. The second-order valence-corrected chi connectivity index (χ2v) is 13.3. The van der Waals surface area contributed by atoms with E-state index in [1.165, 1.54) is 0 Å². The first-order chi connectivity index (χ1) is 46.2. The molecule has 0 atom stereocenters. The van der Waals surface area contributed by atoms with Crippen molar-refractivity contribution in [1.82, 2.24) is 28.7 Å². The van der Waals surface area contributed by atoms with Gasteiger partial charge in [0.25, 0.3) is 0 Å². The fourth-order valence-corrected chi connectivity index (χ4v) is 7.56. The Hall–Kier alpha value is -8.61. The van der Waals surface area contributed by atoms with Crippen LogP contribution in [-0.2, 0) is 0 Å². The highest BCUT2D eigenvalue weighted by molar-refractivity contribution is 6.25. The highest BCUT2D eigenvalue weighted by atomic mass is 15.2. The third kappa shape index (κ3) is 5.41. The second kappa shape index (κ2) is 14.0. The zero-order valence-corrected chi connectivity index (χ0v) is 31.2. The molecular weight excluding hydrogens is 769 g/mol. The molecule has 0 aliphatic carbocycles. The van der Waals surface area contributed by atoms with Crippen molar-refractivity contribution < 1.29 is 49.3 Å². The maximum Gasteiger partial charge on any atom is 0.238 e. The zero-order chi connectivity index (χ0) is 72.8. The van der Waals surface area contributed by atoms with Crippen LogP contribution in [0.4, 0.5) is 0 Å². The van der Waals surface area contributed by atoms with E-state index in [-0.39, 0.29) is 0 Å². The van der Waals surface area contributed by atoms with Gasteiger partial charge < -0.3 is 9.13 Å². The van der Waals surface area contributed by atoms with Gasteiger partial charge in [-0.15, -0.1) is 0 Å². The largest absolute Gasteiger partial charge is 0.307 e. The lowest BCUT2D eigenvalue weighted by molar-refractivity contribution is 0.953. The number of para-hydroxylation sites is 4. The Bertz CT molecular complexity index is 5870. The van der Waals surface area contributed by atoms with Crippen LogP contribution in [0.3, 0.4) is 0 Å².